The van der Waals surface area contributed by atoms with Crippen molar-refractivity contribution in [3.05, 3.63) is 59.2 Å². The molecule has 7 heteroatoms. The van der Waals surface area contributed by atoms with Gasteiger partial charge in [-0.15, -0.1) is 0 Å². The second-order valence-corrected chi connectivity index (χ2v) is 9.98. The normalized spacial score (nSPS) is 19.3. The van der Waals surface area contributed by atoms with E-state index in [-0.39, 0.29) is 18.5 Å². The molecule has 1 heterocycles. The number of aryl methyl sites for hydroxylation is 2. The van der Waals surface area contributed by atoms with E-state index >= 15 is 0 Å². The third-order valence-corrected chi connectivity index (χ3v) is 7.07. The highest BCUT2D eigenvalue weighted by Crippen LogP contribution is 2.35. The zero-order valence-electron chi connectivity index (χ0n) is 17.4. The predicted molar refractivity (Wildman–Crippen MR) is 117 cm³/mol. The Hall–Kier alpha value is -2.54. The Morgan fingerprint density at radius 1 is 1.17 bits per heavy atom. The van der Waals surface area contributed by atoms with E-state index in [4.69, 9.17) is 4.74 Å². The molecule has 1 amide bonds. The van der Waals surface area contributed by atoms with E-state index in [0.29, 0.717) is 11.4 Å². The summed E-state index contributed by atoms with van der Waals surface area (Å²) in [4.78, 5) is 13.1. The SMILES string of the molecule is CC[C@H](NC(=O)[C@H]1CN(S(C)(=O)=O)c2ccccc2O1)c1ccc2c(c1)CCCC2. The lowest BCUT2D eigenvalue weighted by molar-refractivity contribution is -0.128. The first-order valence-corrected chi connectivity index (χ1v) is 12.4. The lowest BCUT2D eigenvalue weighted by Crippen LogP contribution is -2.51. The Labute approximate surface area is 178 Å². The molecule has 2 aromatic carbocycles. The molecular formula is C23H28N2O4S. The summed E-state index contributed by atoms with van der Waals surface area (Å²) in [5.41, 5.74) is 4.33. The van der Waals surface area contributed by atoms with Crippen molar-refractivity contribution in [2.75, 3.05) is 17.1 Å². The third kappa shape index (κ3) is 4.17. The van der Waals surface area contributed by atoms with Crippen molar-refractivity contribution in [1.29, 1.82) is 0 Å². The highest BCUT2D eigenvalue weighted by Gasteiger charge is 2.35. The lowest BCUT2D eigenvalue weighted by atomic mass is 9.88. The maximum Gasteiger partial charge on any atom is 0.263 e. The number of ether oxygens (including phenoxy) is 1. The van der Waals surface area contributed by atoms with E-state index in [2.05, 4.69) is 23.5 Å². The molecule has 30 heavy (non-hydrogen) atoms. The van der Waals surface area contributed by atoms with Gasteiger partial charge in [0.2, 0.25) is 10.0 Å². The molecule has 2 aromatic rings. The van der Waals surface area contributed by atoms with Crippen LogP contribution in [0.25, 0.3) is 0 Å². The Bertz CT molecular complexity index is 1050. The fourth-order valence-electron chi connectivity index (χ4n) is 4.31. The van der Waals surface area contributed by atoms with Gasteiger partial charge in [-0.2, -0.15) is 0 Å². The van der Waals surface area contributed by atoms with Crippen LogP contribution < -0.4 is 14.4 Å². The van der Waals surface area contributed by atoms with Crippen LogP contribution in [0.1, 0.15) is 48.9 Å². The molecule has 2 atom stereocenters. The Kier molecular flexibility index (Phi) is 5.73. The maximum absolute atomic E-state index is 13.1. The summed E-state index contributed by atoms with van der Waals surface area (Å²) >= 11 is 0. The average molecular weight is 429 g/mol. The quantitative estimate of drug-likeness (QED) is 0.792. The molecule has 4 rings (SSSR count). The van der Waals surface area contributed by atoms with E-state index < -0.39 is 16.1 Å². The van der Waals surface area contributed by atoms with Gasteiger partial charge >= 0.3 is 0 Å². The average Bonchev–Trinajstić information content (AvgIpc) is 2.75. The van der Waals surface area contributed by atoms with Crippen molar-refractivity contribution in [2.24, 2.45) is 0 Å². The lowest BCUT2D eigenvalue weighted by Gasteiger charge is -2.34. The standard InChI is InChI=1S/C23H28N2O4S/c1-3-19(18-13-12-16-8-4-5-9-17(16)14-18)24-23(26)22-15-25(30(2,27)28)20-10-6-7-11-21(20)29-22/h6-7,10-14,19,22H,3-5,8-9,15H2,1-2H3,(H,24,26)/t19-,22+/m0/s1. The summed E-state index contributed by atoms with van der Waals surface area (Å²) in [6, 6.07) is 13.2. The minimum Gasteiger partial charge on any atom is -0.476 e. The van der Waals surface area contributed by atoms with Gasteiger partial charge in [-0.25, -0.2) is 8.42 Å². The number of para-hydroxylation sites is 2. The largest absolute Gasteiger partial charge is 0.476 e. The second kappa shape index (κ2) is 8.30. The molecule has 0 radical (unpaired) electrons. The van der Waals surface area contributed by atoms with E-state index in [9.17, 15) is 13.2 Å². The van der Waals surface area contributed by atoms with E-state index in [1.807, 2.05) is 6.92 Å². The Balaban J connectivity index is 1.54. The highest BCUT2D eigenvalue weighted by molar-refractivity contribution is 7.92. The number of benzene rings is 2. The van der Waals surface area contributed by atoms with Gasteiger partial charge in [-0.05, 0) is 60.9 Å². The topological polar surface area (TPSA) is 75.7 Å². The van der Waals surface area contributed by atoms with E-state index in [1.165, 1.54) is 28.3 Å². The molecule has 1 aliphatic heterocycles. The first kappa shape index (κ1) is 20.7. The summed E-state index contributed by atoms with van der Waals surface area (Å²) < 4.78 is 31.7. The number of hydrogen-bond donors (Lipinski definition) is 1. The summed E-state index contributed by atoms with van der Waals surface area (Å²) in [6.45, 7) is 1.99. The molecule has 0 spiro atoms. The van der Waals surface area contributed by atoms with Gasteiger partial charge in [0.25, 0.3) is 5.91 Å². The van der Waals surface area contributed by atoms with Gasteiger partial charge in [-0.1, -0.05) is 37.3 Å². The summed E-state index contributed by atoms with van der Waals surface area (Å²) in [5.74, 6) is 0.0962. The van der Waals surface area contributed by atoms with Crippen LogP contribution in [-0.4, -0.2) is 33.2 Å². The fraction of sp³-hybridized carbons (Fsp3) is 0.435. The number of hydrogen-bond acceptors (Lipinski definition) is 4. The van der Waals surface area contributed by atoms with Gasteiger partial charge < -0.3 is 10.1 Å². The second-order valence-electron chi connectivity index (χ2n) is 8.07. The summed E-state index contributed by atoms with van der Waals surface area (Å²) in [7, 11) is -3.53. The van der Waals surface area contributed by atoms with Crippen LogP contribution in [0, 0.1) is 0 Å². The summed E-state index contributed by atoms with van der Waals surface area (Å²) in [6.07, 6.45) is 5.62. The van der Waals surface area contributed by atoms with Crippen LogP contribution in [0.5, 0.6) is 5.75 Å². The molecule has 1 aliphatic carbocycles. The monoisotopic (exact) mass is 428 g/mol. The van der Waals surface area contributed by atoms with Gasteiger partial charge in [0.1, 0.15) is 5.75 Å². The third-order valence-electron chi connectivity index (χ3n) is 5.93. The Morgan fingerprint density at radius 3 is 2.63 bits per heavy atom. The molecule has 1 N–H and O–H groups in total. The van der Waals surface area contributed by atoms with Crippen molar-refractivity contribution in [3.63, 3.8) is 0 Å². The summed E-state index contributed by atoms with van der Waals surface area (Å²) in [5, 5.41) is 3.08. The number of amides is 1. The zero-order valence-corrected chi connectivity index (χ0v) is 18.2. The van der Waals surface area contributed by atoms with Crippen LogP contribution in [-0.2, 0) is 27.7 Å². The minimum atomic E-state index is -3.53. The maximum atomic E-state index is 13.1. The molecule has 0 saturated heterocycles. The van der Waals surface area contributed by atoms with Crippen LogP contribution >= 0.6 is 0 Å². The molecule has 160 valence electrons. The van der Waals surface area contributed by atoms with Crippen molar-refractivity contribution in [1.82, 2.24) is 5.32 Å². The molecule has 0 fully saturated rings. The number of rotatable bonds is 5. The molecule has 0 unspecified atom stereocenters. The Morgan fingerprint density at radius 2 is 1.90 bits per heavy atom. The fourth-order valence-corrected chi connectivity index (χ4v) is 5.22. The molecular weight excluding hydrogens is 400 g/mol. The molecule has 0 bridgehead atoms. The van der Waals surface area contributed by atoms with Crippen LogP contribution in [0.15, 0.2) is 42.5 Å². The minimum absolute atomic E-state index is 0.0394. The predicted octanol–water partition coefficient (Wildman–Crippen LogP) is 3.36. The zero-order chi connectivity index (χ0) is 21.3. The van der Waals surface area contributed by atoms with Crippen LogP contribution in [0.4, 0.5) is 5.69 Å². The number of nitrogens with one attached hydrogen (secondary N) is 1. The molecule has 0 saturated carbocycles. The van der Waals surface area contributed by atoms with Crippen LogP contribution in [0.2, 0.25) is 0 Å². The smallest absolute Gasteiger partial charge is 0.263 e. The van der Waals surface area contributed by atoms with Crippen molar-refractivity contribution < 1.29 is 17.9 Å². The van der Waals surface area contributed by atoms with E-state index in [1.54, 1.807) is 24.3 Å². The number of nitrogens with zero attached hydrogens (tertiary/aromatic N) is 1. The molecule has 0 aromatic heterocycles. The van der Waals surface area contributed by atoms with Gasteiger partial charge in [0.15, 0.2) is 6.10 Å². The molecule has 6 nitrogen and oxygen atoms in total. The first-order chi connectivity index (χ1) is 14.4. The number of sulfonamides is 1. The molecule has 2 aliphatic rings. The van der Waals surface area contributed by atoms with E-state index in [0.717, 1.165) is 31.1 Å². The van der Waals surface area contributed by atoms with Gasteiger partial charge in [0.05, 0.1) is 24.5 Å². The van der Waals surface area contributed by atoms with Crippen LogP contribution in [0.3, 0.4) is 0 Å². The highest BCUT2D eigenvalue weighted by atomic mass is 32.2. The number of carbonyl (C=O) groups is 1. The first-order valence-electron chi connectivity index (χ1n) is 10.5. The van der Waals surface area contributed by atoms with Crippen molar-refractivity contribution in [3.8, 4) is 5.75 Å². The van der Waals surface area contributed by atoms with Crippen molar-refractivity contribution >= 4 is 21.6 Å². The van der Waals surface area contributed by atoms with Gasteiger partial charge in [-0.3, -0.25) is 9.10 Å². The number of carbonyl (C=O) groups excluding carboxylic acids is 1. The number of anilines is 1. The number of fused-ring (bicyclic) bond motifs is 2. The van der Waals surface area contributed by atoms with Gasteiger partial charge in [0, 0.05) is 0 Å². The van der Waals surface area contributed by atoms with Crippen molar-refractivity contribution in [2.45, 2.75) is 51.2 Å².